The van der Waals surface area contributed by atoms with Gasteiger partial charge in [0, 0.05) is 41.3 Å². The zero-order chi connectivity index (χ0) is 18.2. The molecule has 0 aliphatic carbocycles. The van der Waals surface area contributed by atoms with Crippen molar-refractivity contribution >= 4 is 14.3 Å². The quantitative estimate of drug-likeness (QED) is 0.736. The Bertz CT molecular complexity index is 385. The van der Waals surface area contributed by atoms with Crippen LogP contribution in [0.3, 0.4) is 0 Å². The van der Waals surface area contributed by atoms with Crippen molar-refractivity contribution in [2.75, 3.05) is 0 Å². The second kappa shape index (κ2) is 7.24. The molecule has 5 heteroatoms. The van der Waals surface area contributed by atoms with Gasteiger partial charge in [-0.2, -0.15) is 5.10 Å². The summed E-state index contributed by atoms with van der Waals surface area (Å²) < 4.78 is 5.46. The first kappa shape index (κ1) is 20.7. The van der Waals surface area contributed by atoms with Gasteiger partial charge in [0.1, 0.15) is 0 Å². The van der Waals surface area contributed by atoms with Gasteiger partial charge < -0.3 is 5.09 Å². The van der Waals surface area contributed by atoms with Gasteiger partial charge in [-0.05, 0) is 0 Å². The van der Waals surface area contributed by atoms with E-state index in [2.05, 4.69) is 90.4 Å². The molecule has 4 nitrogen and oxygen atoms in total. The molecule has 1 heterocycles. The van der Waals surface area contributed by atoms with Crippen molar-refractivity contribution in [3.8, 4) is 0 Å². The highest BCUT2D eigenvalue weighted by Crippen LogP contribution is 2.35. The van der Waals surface area contributed by atoms with E-state index < -0.39 is 8.56 Å². The average molecular weight is 341 g/mol. The molecular weight excluding hydrogens is 300 g/mol. The van der Waals surface area contributed by atoms with Gasteiger partial charge in [0.15, 0.2) is 0 Å². The van der Waals surface area contributed by atoms with E-state index in [0.717, 1.165) is 6.04 Å². The number of nitrogens with zero attached hydrogens (tertiary/aromatic N) is 3. The van der Waals surface area contributed by atoms with E-state index in [-0.39, 0.29) is 5.41 Å². The molecule has 0 amide bonds. The van der Waals surface area contributed by atoms with Crippen LogP contribution in [0.2, 0.25) is 6.04 Å². The summed E-state index contributed by atoms with van der Waals surface area (Å²) in [7, 11) is -2.10. The third kappa shape index (κ3) is 4.17. The minimum absolute atomic E-state index is 0.126. The van der Waals surface area contributed by atoms with E-state index in [9.17, 15) is 0 Å². The highest BCUT2D eigenvalue weighted by molar-refractivity contribution is 6.76. The lowest BCUT2D eigenvalue weighted by Gasteiger charge is -2.52. The van der Waals surface area contributed by atoms with E-state index in [1.807, 2.05) is 0 Å². The number of hydrogen-bond donors (Lipinski definition) is 1. The molecule has 0 unspecified atom stereocenters. The average Bonchev–Trinajstić information content (AvgIpc) is 2.71. The van der Waals surface area contributed by atoms with Crippen molar-refractivity contribution in [3.63, 3.8) is 0 Å². The van der Waals surface area contributed by atoms with Crippen LogP contribution < -0.4 is 5.09 Å². The number of hydrazone groups is 1. The highest BCUT2D eigenvalue weighted by Gasteiger charge is 2.55. The summed E-state index contributed by atoms with van der Waals surface area (Å²) in [6.45, 7) is 25.4. The van der Waals surface area contributed by atoms with Gasteiger partial charge in [0.2, 0.25) is 0 Å². The first-order chi connectivity index (χ1) is 10.3. The summed E-state index contributed by atoms with van der Waals surface area (Å²) in [5.41, 5.74) is 1.45. The molecule has 0 aromatic heterocycles. The minimum atomic E-state index is -2.10. The predicted octanol–water partition coefficient (Wildman–Crippen LogP) is 4.17. The van der Waals surface area contributed by atoms with Crippen LogP contribution in [0.1, 0.15) is 76.2 Å². The Morgan fingerprint density at radius 1 is 0.826 bits per heavy atom. The molecule has 1 rings (SSSR count). The largest absolute Gasteiger partial charge is 0.339 e. The smallest absolute Gasteiger partial charge is 0.307 e. The molecule has 136 valence electrons. The molecule has 0 saturated carbocycles. The zero-order valence-electron chi connectivity index (χ0n) is 17.4. The molecule has 0 spiro atoms. The Kier molecular flexibility index (Phi) is 6.50. The summed E-state index contributed by atoms with van der Waals surface area (Å²) in [6.07, 6.45) is 0. The zero-order valence-corrected chi connectivity index (χ0v) is 18.4. The van der Waals surface area contributed by atoms with E-state index in [4.69, 9.17) is 5.10 Å². The fourth-order valence-electron chi connectivity index (χ4n) is 4.23. The maximum Gasteiger partial charge on any atom is 0.339 e. The van der Waals surface area contributed by atoms with Crippen LogP contribution in [0, 0.1) is 5.41 Å². The molecular formula is C18H40N4Si. The van der Waals surface area contributed by atoms with Gasteiger partial charge in [0.25, 0.3) is 0 Å². The van der Waals surface area contributed by atoms with Crippen LogP contribution >= 0.6 is 0 Å². The third-order valence-electron chi connectivity index (χ3n) is 4.73. The van der Waals surface area contributed by atoms with Crippen molar-refractivity contribution in [2.45, 2.75) is 106 Å². The molecule has 23 heavy (non-hydrogen) atoms. The summed E-state index contributed by atoms with van der Waals surface area (Å²) in [4.78, 5) is 0. The van der Waals surface area contributed by atoms with E-state index in [1.165, 1.54) is 5.71 Å². The Balaban J connectivity index is 3.39. The summed E-state index contributed by atoms with van der Waals surface area (Å²) in [6, 6.07) is 3.10. The fraction of sp³-hybridized carbons (Fsp3) is 0.944. The van der Waals surface area contributed by atoms with Gasteiger partial charge in [0.05, 0.1) is 0 Å². The molecule has 0 atom stereocenters. The molecule has 0 fully saturated rings. The van der Waals surface area contributed by atoms with E-state index in [1.54, 1.807) is 0 Å². The summed E-state index contributed by atoms with van der Waals surface area (Å²) in [5, 5.41) is 8.61. The van der Waals surface area contributed by atoms with Crippen molar-refractivity contribution in [3.05, 3.63) is 0 Å². The SMILES string of the molecule is CC(C)N(C(C)C)[Si]1(N(C(C)C)C(C)C)CC(C(C)(C)C)=NN1. The molecule has 0 aromatic carbocycles. The summed E-state index contributed by atoms with van der Waals surface area (Å²) >= 11 is 0. The van der Waals surface area contributed by atoms with Gasteiger partial charge in [-0.3, -0.25) is 9.13 Å². The Hall–Kier alpha value is -0.393. The minimum Gasteiger partial charge on any atom is -0.307 e. The Morgan fingerprint density at radius 2 is 1.17 bits per heavy atom. The molecule has 1 aliphatic rings. The van der Waals surface area contributed by atoms with Crippen LogP contribution in [0.25, 0.3) is 0 Å². The van der Waals surface area contributed by atoms with Crippen LogP contribution in [-0.4, -0.2) is 47.6 Å². The number of hydrogen-bond acceptors (Lipinski definition) is 4. The van der Waals surface area contributed by atoms with Crippen molar-refractivity contribution in [1.29, 1.82) is 0 Å². The maximum atomic E-state index is 4.88. The Labute approximate surface area is 145 Å². The third-order valence-corrected chi connectivity index (χ3v) is 9.80. The lowest BCUT2D eigenvalue weighted by atomic mass is 9.91. The lowest BCUT2D eigenvalue weighted by molar-refractivity contribution is 0.197. The van der Waals surface area contributed by atoms with Crippen molar-refractivity contribution in [2.24, 2.45) is 10.5 Å². The molecule has 0 radical (unpaired) electrons. The molecule has 0 aromatic rings. The monoisotopic (exact) mass is 340 g/mol. The van der Waals surface area contributed by atoms with Crippen LogP contribution in [0.15, 0.2) is 5.10 Å². The fourth-order valence-corrected chi connectivity index (χ4v) is 9.98. The Morgan fingerprint density at radius 3 is 1.39 bits per heavy atom. The van der Waals surface area contributed by atoms with E-state index >= 15 is 0 Å². The highest BCUT2D eigenvalue weighted by atomic mass is 28.4. The number of nitrogens with one attached hydrogen (secondary N) is 1. The first-order valence-corrected chi connectivity index (χ1v) is 11.4. The van der Waals surface area contributed by atoms with Gasteiger partial charge in [-0.25, -0.2) is 0 Å². The van der Waals surface area contributed by atoms with Crippen LogP contribution in [0.4, 0.5) is 0 Å². The summed E-state index contributed by atoms with van der Waals surface area (Å²) in [5.74, 6) is 0. The lowest BCUT2D eigenvalue weighted by Crippen LogP contribution is -2.77. The second-order valence-electron chi connectivity index (χ2n) is 9.10. The predicted molar refractivity (Wildman–Crippen MR) is 105 cm³/mol. The standard InChI is InChI=1S/C18H40N4Si/c1-13(2)21(14(3)4)23(22(15(5)6)16(7)8)12-17(19-20-23)18(9,10)11/h13-16,20H,12H2,1-11H3. The van der Waals surface area contributed by atoms with Gasteiger partial charge in [-0.15, -0.1) is 0 Å². The number of rotatable bonds is 6. The molecule has 0 bridgehead atoms. The topological polar surface area (TPSA) is 30.9 Å². The molecule has 1 N–H and O–H groups in total. The normalized spacial score (nSPS) is 18.7. The van der Waals surface area contributed by atoms with E-state index in [0.29, 0.717) is 24.2 Å². The van der Waals surface area contributed by atoms with Crippen molar-refractivity contribution < 1.29 is 0 Å². The van der Waals surface area contributed by atoms with Crippen molar-refractivity contribution in [1.82, 2.24) is 14.2 Å². The van der Waals surface area contributed by atoms with Crippen LogP contribution in [-0.2, 0) is 0 Å². The maximum absolute atomic E-state index is 4.88. The first-order valence-electron chi connectivity index (χ1n) is 9.25. The van der Waals surface area contributed by atoms with Gasteiger partial charge >= 0.3 is 8.56 Å². The van der Waals surface area contributed by atoms with Gasteiger partial charge in [-0.1, -0.05) is 76.2 Å². The molecule has 1 aliphatic heterocycles. The van der Waals surface area contributed by atoms with Crippen LogP contribution in [0.5, 0.6) is 0 Å². The second-order valence-corrected chi connectivity index (χ2v) is 12.3. The molecule has 0 saturated heterocycles.